The fourth-order valence-corrected chi connectivity index (χ4v) is 5.18. The SMILES string of the molecule is CC(C)C(NC(=O)C(NC(=O)C(Cc1c[nH]c2ccccc12)NC(=O)C(N)Cc1c[nH]c2ccccc12)C(C)C)C(=O)O. The van der Waals surface area contributed by atoms with Crippen LogP contribution in [0.5, 0.6) is 0 Å². The standard InChI is InChI=1S/C32H40N6O5/c1-17(2)27(31(41)38-28(18(3)4)32(42)43)37-30(40)26(14-20-16-35-25-12-8-6-10-22(20)25)36-29(39)23(33)13-19-15-34-24-11-7-5-9-21(19)24/h5-12,15-18,23,26-28,34-35H,13-14,33H2,1-4H3,(H,36,39)(H,37,40)(H,38,41)(H,42,43). The van der Waals surface area contributed by atoms with Crippen molar-refractivity contribution in [3.63, 3.8) is 0 Å². The molecule has 2 aromatic heterocycles. The van der Waals surface area contributed by atoms with Crippen LogP contribution in [-0.2, 0) is 32.0 Å². The van der Waals surface area contributed by atoms with Crippen LogP contribution in [0.15, 0.2) is 60.9 Å². The van der Waals surface area contributed by atoms with Gasteiger partial charge in [0, 0.05) is 40.6 Å². The number of aromatic nitrogens is 2. The maximum absolute atomic E-state index is 13.8. The molecule has 2 heterocycles. The van der Waals surface area contributed by atoms with Gasteiger partial charge in [-0.05, 0) is 41.5 Å². The highest BCUT2D eigenvalue weighted by Gasteiger charge is 2.33. The first-order chi connectivity index (χ1) is 20.5. The van der Waals surface area contributed by atoms with E-state index >= 15 is 0 Å². The quantitative estimate of drug-likeness (QED) is 0.126. The van der Waals surface area contributed by atoms with E-state index in [2.05, 4.69) is 25.9 Å². The topological polar surface area (TPSA) is 182 Å². The van der Waals surface area contributed by atoms with Gasteiger partial charge in [0.15, 0.2) is 0 Å². The summed E-state index contributed by atoms with van der Waals surface area (Å²) in [5.41, 5.74) is 9.83. The molecule has 0 bridgehead atoms. The van der Waals surface area contributed by atoms with E-state index in [1.807, 2.05) is 54.7 Å². The Kier molecular flexibility index (Phi) is 9.87. The van der Waals surface area contributed by atoms with Gasteiger partial charge >= 0.3 is 5.97 Å². The van der Waals surface area contributed by atoms with Crippen molar-refractivity contribution in [2.45, 2.75) is 64.7 Å². The summed E-state index contributed by atoms with van der Waals surface area (Å²) in [6.45, 7) is 6.88. The monoisotopic (exact) mass is 588 g/mol. The Morgan fingerprint density at radius 1 is 0.698 bits per heavy atom. The lowest BCUT2D eigenvalue weighted by Crippen LogP contribution is -2.59. The van der Waals surface area contributed by atoms with Crippen molar-refractivity contribution in [1.29, 1.82) is 0 Å². The Bertz CT molecular complexity index is 1610. The van der Waals surface area contributed by atoms with Crippen molar-refractivity contribution in [2.24, 2.45) is 17.6 Å². The second-order valence-corrected chi connectivity index (χ2v) is 11.6. The molecule has 0 spiro atoms. The first-order valence-corrected chi connectivity index (χ1v) is 14.5. The van der Waals surface area contributed by atoms with Crippen LogP contribution in [0.3, 0.4) is 0 Å². The van der Waals surface area contributed by atoms with Crippen molar-refractivity contribution in [3.8, 4) is 0 Å². The van der Waals surface area contributed by atoms with Gasteiger partial charge in [-0.25, -0.2) is 4.79 Å². The minimum absolute atomic E-state index is 0.136. The third-order valence-electron chi connectivity index (χ3n) is 7.66. The molecule has 228 valence electrons. The fraction of sp³-hybridized carbons (Fsp3) is 0.375. The normalized spacial score (nSPS) is 14.4. The molecular formula is C32H40N6O5. The average Bonchev–Trinajstić information content (AvgIpc) is 3.57. The summed E-state index contributed by atoms with van der Waals surface area (Å²) in [4.78, 5) is 58.3. The number of nitrogens with one attached hydrogen (secondary N) is 5. The Balaban J connectivity index is 1.55. The molecule has 0 aliphatic heterocycles. The summed E-state index contributed by atoms with van der Waals surface area (Å²) in [6, 6.07) is 11.2. The minimum atomic E-state index is -1.16. The number of fused-ring (bicyclic) bond motifs is 2. The number of carbonyl (C=O) groups is 4. The summed E-state index contributed by atoms with van der Waals surface area (Å²) >= 11 is 0. The molecule has 0 saturated carbocycles. The molecule has 8 N–H and O–H groups in total. The summed E-state index contributed by atoms with van der Waals surface area (Å²) < 4.78 is 0. The second-order valence-electron chi connectivity index (χ2n) is 11.6. The molecule has 3 amide bonds. The lowest BCUT2D eigenvalue weighted by Gasteiger charge is -2.28. The second kappa shape index (κ2) is 13.6. The van der Waals surface area contributed by atoms with Crippen molar-refractivity contribution >= 4 is 45.5 Å². The maximum atomic E-state index is 13.8. The Morgan fingerprint density at radius 2 is 1.19 bits per heavy atom. The number of benzene rings is 2. The van der Waals surface area contributed by atoms with Gasteiger partial charge in [-0.15, -0.1) is 0 Å². The Labute approximate surface area is 250 Å². The van der Waals surface area contributed by atoms with E-state index in [-0.39, 0.29) is 24.7 Å². The van der Waals surface area contributed by atoms with Crippen molar-refractivity contribution in [3.05, 3.63) is 72.1 Å². The lowest BCUT2D eigenvalue weighted by molar-refractivity contribution is -0.143. The number of carboxylic acids is 1. The largest absolute Gasteiger partial charge is 0.480 e. The third kappa shape index (κ3) is 7.42. The van der Waals surface area contributed by atoms with Gasteiger partial charge in [0.05, 0.1) is 6.04 Å². The number of aromatic amines is 2. The maximum Gasteiger partial charge on any atom is 0.326 e. The number of para-hydroxylation sites is 2. The number of nitrogens with two attached hydrogens (primary N) is 1. The van der Waals surface area contributed by atoms with E-state index in [9.17, 15) is 24.3 Å². The third-order valence-corrected chi connectivity index (χ3v) is 7.66. The lowest BCUT2D eigenvalue weighted by atomic mass is 9.98. The molecule has 4 atom stereocenters. The number of hydrogen-bond donors (Lipinski definition) is 7. The van der Waals surface area contributed by atoms with E-state index in [1.54, 1.807) is 33.9 Å². The highest BCUT2D eigenvalue weighted by atomic mass is 16.4. The minimum Gasteiger partial charge on any atom is -0.480 e. The van der Waals surface area contributed by atoms with Crippen LogP contribution >= 0.6 is 0 Å². The molecule has 2 aromatic carbocycles. The van der Waals surface area contributed by atoms with E-state index in [4.69, 9.17) is 5.73 Å². The van der Waals surface area contributed by atoms with Crippen LogP contribution in [0.2, 0.25) is 0 Å². The van der Waals surface area contributed by atoms with Gasteiger partial charge in [-0.1, -0.05) is 64.1 Å². The van der Waals surface area contributed by atoms with Gasteiger partial charge in [0.25, 0.3) is 0 Å². The molecule has 4 rings (SSSR count). The fourth-order valence-electron chi connectivity index (χ4n) is 5.18. The Morgan fingerprint density at radius 3 is 1.70 bits per heavy atom. The number of hydrogen-bond acceptors (Lipinski definition) is 5. The van der Waals surface area contributed by atoms with Gasteiger partial charge in [0.1, 0.15) is 18.1 Å². The number of carboxylic acid groups (broad SMARTS) is 1. The number of amides is 3. The molecule has 4 aromatic rings. The van der Waals surface area contributed by atoms with Crippen molar-refractivity contribution < 1.29 is 24.3 Å². The number of H-pyrrole nitrogens is 2. The molecule has 0 fully saturated rings. The van der Waals surface area contributed by atoms with Gasteiger partial charge < -0.3 is 36.8 Å². The van der Waals surface area contributed by atoms with Crippen molar-refractivity contribution in [1.82, 2.24) is 25.9 Å². The average molecular weight is 589 g/mol. The zero-order valence-corrected chi connectivity index (χ0v) is 24.8. The highest BCUT2D eigenvalue weighted by molar-refractivity contribution is 5.95. The highest BCUT2D eigenvalue weighted by Crippen LogP contribution is 2.21. The molecule has 0 aliphatic rings. The van der Waals surface area contributed by atoms with Crippen LogP contribution in [0, 0.1) is 11.8 Å². The van der Waals surface area contributed by atoms with Crippen LogP contribution in [-0.4, -0.2) is 62.9 Å². The first kappa shape index (κ1) is 31.3. The van der Waals surface area contributed by atoms with Gasteiger partial charge in [-0.3, -0.25) is 14.4 Å². The summed E-state index contributed by atoms with van der Waals surface area (Å²) in [7, 11) is 0. The molecule has 0 aliphatic carbocycles. The molecule has 0 radical (unpaired) electrons. The zero-order chi connectivity index (χ0) is 31.3. The van der Waals surface area contributed by atoms with E-state index in [0.29, 0.717) is 0 Å². The molecular weight excluding hydrogens is 548 g/mol. The predicted octanol–water partition coefficient (Wildman–Crippen LogP) is 2.61. The molecule has 4 unspecified atom stereocenters. The molecule has 0 saturated heterocycles. The van der Waals surface area contributed by atoms with Crippen LogP contribution in [0.4, 0.5) is 0 Å². The van der Waals surface area contributed by atoms with E-state index < -0.39 is 47.9 Å². The van der Waals surface area contributed by atoms with Gasteiger partial charge in [0.2, 0.25) is 17.7 Å². The zero-order valence-electron chi connectivity index (χ0n) is 24.8. The molecule has 11 heteroatoms. The summed E-state index contributed by atoms with van der Waals surface area (Å²) in [6.07, 6.45) is 3.99. The first-order valence-electron chi connectivity index (χ1n) is 14.5. The summed E-state index contributed by atoms with van der Waals surface area (Å²) in [5.74, 6) is -3.59. The smallest absolute Gasteiger partial charge is 0.326 e. The predicted molar refractivity (Wildman–Crippen MR) is 165 cm³/mol. The number of rotatable bonds is 13. The van der Waals surface area contributed by atoms with Crippen molar-refractivity contribution in [2.75, 3.05) is 0 Å². The van der Waals surface area contributed by atoms with Crippen LogP contribution in [0.1, 0.15) is 38.8 Å². The molecule has 43 heavy (non-hydrogen) atoms. The van der Waals surface area contributed by atoms with Crippen LogP contribution in [0.25, 0.3) is 21.8 Å². The van der Waals surface area contributed by atoms with Crippen LogP contribution < -0.4 is 21.7 Å². The van der Waals surface area contributed by atoms with E-state index in [1.165, 1.54) is 0 Å². The van der Waals surface area contributed by atoms with Gasteiger partial charge in [-0.2, -0.15) is 0 Å². The van der Waals surface area contributed by atoms with E-state index in [0.717, 1.165) is 32.9 Å². The molecule has 11 nitrogen and oxygen atoms in total. The number of aliphatic carboxylic acids is 1. The number of carbonyl (C=O) groups excluding carboxylic acids is 3. The summed E-state index contributed by atoms with van der Waals surface area (Å²) in [5, 5.41) is 19.5. The Hall–Kier alpha value is -4.64.